The Hall–Kier alpha value is -2.04. The van der Waals surface area contributed by atoms with Crippen LogP contribution < -0.4 is 16.4 Å². The summed E-state index contributed by atoms with van der Waals surface area (Å²) in [7, 11) is 1.61. The summed E-state index contributed by atoms with van der Waals surface area (Å²) in [5, 5.41) is 5.64. The molecule has 5 heteroatoms. The van der Waals surface area contributed by atoms with Gasteiger partial charge in [0.05, 0.1) is 6.54 Å². The highest BCUT2D eigenvalue weighted by atomic mass is 16.1. The predicted molar refractivity (Wildman–Crippen MR) is 78.0 cm³/mol. The van der Waals surface area contributed by atoms with Gasteiger partial charge in [0.2, 0.25) is 0 Å². The second-order valence-electron chi connectivity index (χ2n) is 4.76. The summed E-state index contributed by atoms with van der Waals surface area (Å²) in [6, 6.07) is 7.35. The Labute approximate surface area is 114 Å². The van der Waals surface area contributed by atoms with Crippen molar-refractivity contribution in [2.45, 2.75) is 20.4 Å². The second-order valence-corrected chi connectivity index (χ2v) is 4.76. The zero-order valence-corrected chi connectivity index (χ0v) is 11.7. The molecule has 0 saturated heterocycles. The molecule has 0 saturated carbocycles. The summed E-state index contributed by atoms with van der Waals surface area (Å²) in [4.78, 5) is 15.7. The molecule has 0 atom stereocenters. The fourth-order valence-electron chi connectivity index (χ4n) is 1.50. The zero-order valence-electron chi connectivity index (χ0n) is 11.7. The van der Waals surface area contributed by atoms with Crippen molar-refractivity contribution >= 4 is 11.9 Å². The Morgan fingerprint density at radius 3 is 2.79 bits per heavy atom. The molecule has 1 rings (SSSR count). The number of aliphatic imine (C=N–C) groups is 1. The van der Waals surface area contributed by atoms with Gasteiger partial charge >= 0.3 is 0 Å². The minimum absolute atomic E-state index is 0.100. The third-order valence-electron chi connectivity index (χ3n) is 2.54. The zero-order chi connectivity index (χ0) is 14.3. The second kappa shape index (κ2) is 7.41. The summed E-state index contributed by atoms with van der Waals surface area (Å²) in [5.74, 6) is 0.848. The maximum Gasteiger partial charge on any atom is 0.251 e. The van der Waals surface area contributed by atoms with E-state index in [9.17, 15) is 4.79 Å². The van der Waals surface area contributed by atoms with Gasteiger partial charge in [-0.05, 0) is 23.6 Å². The van der Waals surface area contributed by atoms with Crippen LogP contribution in [0.1, 0.15) is 29.8 Å². The minimum atomic E-state index is -0.100. The first kappa shape index (κ1) is 15.0. The SMILES string of the molecule is CNC(=O)c1cccc(CN=C(N)NCC(C)C)c1. The standard InChI is InChI=1S/C14H22N4O/c1-10(2)8-17-14(15)18-9-11-5-4-6-12(7-11)13(19)16-3/h4-7,10H,8-9H2,1-3H3,(H,16,19)(H3,15,17,18). The molecule has 0 aliphatic heterocycles. The largest absolute Gasteiger partial charge is 0.370 e. The van der Waals surface area contributed by atoms with Gasteiger partial charge in [0.25, 0.3) is 5.91 Å². The maximum absolute atomic E-state index is 11.5. The number of nitrogens with two attached hydrogens (primary N) is 1. The Morgan fingerprint density at radius 2 is 2.16 bits per heavy atom. The molecule has 0 bridgehead atoms. The Morgan fingerprint density at radius 1 is 1.42 bits per heavy atom. The van der Waals surface area contributed by atoms with E-state index < -0.39 is 0 Å². The van der Waals surface area contributed by atoms with Crippen LogP contribution in [0, 0.1) is 5.92 Å². The molecule has 0 spiro atoms. The van der Waals surface area contributed by atoms with Crippen LogP contribution >= 0.6 is 0 Å². The van der Waals surface area contributed by atoms with Crippen LogP contribution in [0.4, 0.5) is 0 Å². The first-order valence-corrected chi connectivity index (χ1v) is 6.37. The van der Waals surface area contributed by atoms with Gasteiger partial charge in [-0.2, -0.15) is 0 Å². The van der Waals surface area contributed by atoms with E-state index in [1.807, 2.05) is 18.2 Å². The molecule has 0 aliphatic rings. The molecule has 104 valence electrons. The van der Waals surface area contributed by atoms with E-state index in [2.05, 4.69) is 29.5 Å². The number of benzene rings is 1. The fraction of sp³-hybridized carbons (Fsp3) is 0.429. The summed E-state index contributed by atoms with van der Waals surface area (Å²) < 4.78 is 0. The van der Waals surface area contributed by atoms with E-state index in [0.29, 0.717) is 24.0 Å². The number of amides is 1. The monoisotopic (exact) mass is 262 g/mol. The molecule has 4 N–H and O–H groups in total. The van der Waals surface area contributed by atoms with Gasteiger partial charge in [0, 0.05) is 19.2 Å². The fourth-order valence-corrected chi connectivity index (χ4v) is 1.50. The van der Waals surface area contributed by atoms with E-state index in [1.54, 1.807) is 13.1 Å². The van der Waals surface area contributed by atoms with Crippen LogP contribution in [0.25, 0.3) is 0 Å². The van der Waals surface area contributed by atoms with E-state index in [0.717, 1.165) is 12.1 Å². The van der Waals surface area contributed by atoms with Crippen LogP contribution in [0.2, 0.25) is 0 Å². The third kappa shape index (κ3) is 5.42. The maximum atomic E-state index is 11.5. The van der Waals surface area contributed by atoms with Crippen LogP contribution in [-0.2, 0) is 6.54 Å². The van der Waals surface area contributed by atoms with Crippen molar-refractivity contribution in [2.75, 3.05) is 13.6 Å². The summed E-state index contributed by atoms with van der Waals surface area (Å²) >= 11 is 0. The van der Waals surface area contributed by atoms with Gasteiger partial charge in [0.1, 0.15) is 0 Å². The van der Waals surface area contributed by atoms with Crippen molar-refractivity contribution in [2.24, 2.45) is 16.6 Å². The number of carbonyl (C=O) groups excluding carboxylic acids is 1. The molecule has 1 amide bonds. The van der Waals surface area contributed by atoms with Crippen molar-refractivity contribution in [3.8, 4) is 0 Å². The topological polar surface area (TPSA) is 79.5 Å². The lowest BCUT2D eigenvalue weighted by molar-refractivity contribution is 0.0963. The minimum Gasteiger partial charge on any atom is -0.370 e. The Bertz CT molecular complexity index is 455. The molecule has 0 aliphatic carbocycles. The highest BCUT2D eigenvalue weighted by Gasteiger charge is 2.03. The molecule has 1 aromatic rings. The molecule has 0 aromatic heterocycles. The van der Waals surface area contributed by atoms with Crippen molar-refractivity contribution in [3.63, 3.8) is 0 Å². The number of rotatable bonds is 5. The molecule has 1 aromatic carbocycles. The first-order valence-electron chi connectivity index (χ1n) is 6.37. The van der Waals surface area contributed by atoms with Crippen LogP contribution in [-0.4, -0.2) is 25.5 Å². The molecule has 0 heterocycles. The molecule has 0 radical (unpaired) electrons. The van der Waals surface area contributed by atoms with E-state index in [1.165, 1.54) is 0 Å². The number of hydrogen-bond acceptors (Lipinski definition) is 2. The van der Waals surface area contributed by atoms with E-state index in [-0.39, 0.29) is 5.91 Å². The molecular formula is C14H22N4O. The summed E-state index contributed by atoms with van der Waals surface area (Å²) in [6.45, 7) is 5.47. The number of nitrogens with one attached hydrogen (secondary N) is 2. The lowest BCUT2D eigenvalue weighted by atomic mass is 10.1. The quantitative estimate of drug-likeness (QED) is 0.549. The van der Waals surface area contributed by atoms with Crippen molar-refractivity contribution < 1.29 is 4.79 Å². The van der Waals surface area contributed by atoms with Crippen molar-refractivity contribution in [1.82, 2.24) is 10.6 Å². The van der Waals surface area contributed by atoms with Crippen molar-refractivity contribution in [3.05, 3.63) is 35.4 Å². The highest BCUT2D eigenvalue weighted by molar-refractivity contribution is 5.94. The average Bonchev–Trinajstić information content (AvgIpc) is 2.42. The summed E-state index contributed by atoms with van der Waals surface area (Å²) in [6.07, 6.45) is 0. The lowest BCUT2D eigenvalue weighted by Crippen LogP contribution is -2.34. The molecule has 0 unspecified atom stereocenters. The highest BCUT2D eigenvalue weighted by Crippen LogP contribution is 2.06. The summed E-state index contributed by atoms with van der Waals surface area (Å²) in [5.41, 5.74) is 7.34. The lowest BCUT2D eigenvalue weighted by Gasteiger charge is -2.08. The molecule has 0 fully saturated rings. The van der Waals surface area contributed by atoms with Crippen molar-refractivity contribution in [1.29, 1.82) is 0 Å². The smallest absolute Gasteiger partial charge is 0.251 e. The van der Waals surface area contributed by atoms with Gasteiger partial charge in [-0.1, -0.05) is 26.0 Å². The third-order valence-corrected chi connectivity index (χ3v) is 2.54. The number of hydrogen-bond donors (Lipinski definition) is 3. The molecular weight excluding hydrogens is 240 g/mol. The average molecular weight is 262 g/mol. The molecule has 5 nitrogen and oxygen atoms in total. The van der Waals surface area contributed by atoms with Crippen LogP contribution in [0.15, 0.2) is 29.3 Å². The first-order chi connectivity index (χ1) is 9.02. The number of carbonyl (C=O) groups is 1. The van der Waals surface area contributed by atoms with E-state index >= 15 is 0 Å². The van der Waals surface area contributed by atoms with Gasteiger partial charge in [-0.3, -0.25) is 4.79 Å². The molecule has 19 heavy (non-hydrogen) atoms. The Kier molecular flexibility index (Phi) is 5.85. The van der Waals surface area contributed by atoms with Crippen LogP contribution in [0.5, 0.6) is 0 Å². The van der Waals surface area contributed by atoms with E-state index in [4.69, 9.17) is 5.73 Å². The van der Waals surface area contributed by atoms with Crippen LogP contribution in [0.3, 0.4) is 0 Å². The van der Waals surface area contributed by atoms with Gasteiger partial charge < -0.3 is 16.4 Å². The predicted octanol–water partition coefficient (Wildman–Crippen LogP) is 1.11. The number of nitrogens with zero attached hydrogens (tertiary/aromatic N) is 1. The normalized spacial score (nSPS) is 11.5. The number of guanidine groups is 1. The van der Waals surface area contributed by atoms with Gasteiger partial charge in [0.15, 0.2) is 5.96 Å². The van der Waals surface area contributed by atoms with Gasteiger partial charge in [-0.15, -0.1) is 0 Å². The van der Waals surface area contributed by atoms with Gasteiger partial charge in [-0.25, -0.2) is 4.99 Å². The Balaban J connectivity index is 2.62.